The molecule has 3 nitrogen and oxygen atoms in total. The van der Waals surface area contributed by atoms with Gasteiger partial charge in [0.25, 0.3) is 0 Å². The normalized spacial score (nSPS) is 16.8. The van der Waals surface area contributed by atoms with Gasteiger partial charge in [0.2, 0.25) is 0 Å². The van der Waals surface area contributed by atoms with Crippen LogP contribution in [0.4, 0.5) is 0 Å². The van der Waals surface area contributed by atoms with Crippen LogP contribution < -0.4 is 0 Å². The molecule has 0 radical (unpaired) electrons. The molecule has 5 heteroatoms. The van der Waals surface area contributed by atoms with Crippen LogP contribution in [-0.4, -0.2) is 50.5 Å². The molecule has 0 unspecified atom stereocenters. The topological polar surface area (TPSA) is 18.8 Å². The highest BCUT2D eigenvalue weighted by Crippen LogP contribution is 2.41. The molecule has 1 aromatic rings. The van der Waals surface area contributed by atoms with E-state index in [-0.39, 0.29) is 29.4 Å². The van der Waals surface area contributed by atoms with Crippen LogP contribution in [0.5, 0.6) is 0 Å². The maximum absolute atomic E-state index is 4.95. The molecule has 1 aromatic heterocycles. The minimum Gasteiger partial charge on any atom is -0.349 e. The first-order valence-electron chi connectivity index (χ1n) is 7.48. The Morgan fingerprint density at radius 2 is 1.76 bits per heavy atom. The zero-order valence-electron chi connectivity index (χ0n) is 13.6. The summed E-state index contributed by atoms with van der Waals surface area (Å²) in [6, 6.07) is 4.48. The fourth-order valence-electron chi connectivity index (χ4n) is 3.20. The van der Waals surface area contributed by atoms with Crippen LogP contribution in [0, 0.1) is 0 Å². The lowest BCUT2D eigenvalue weighted by Crippen LogP contribution is -2.38. The molecule has 0 N–H and O–H groups in total. The maximum Gasteiger partial charge on any atom is 0.195 e. The highest BCUT2D eigenvalue weighted by Gasteiger charge is 2.34. The molecule has 2 rings (SSSR count). The quantitative estimate of drug-likeness (QED) is 0.417. The molecule has 0 atom stereocenters. The van der Waals surface area contributed by atoms with E-state index in [1.165, 1.54) is 37.0 Å². The van der Waals surface area contributed by atoms with Crippen LogP contribution in [0.25, 0.3) is 0 Å². The summed E-state index contributed by atoms with van der Waals surface area (Å²) in [4.78, 5) is 10.7. The summed E-state index contributed by atoms with van der Waals surface area (Å²) in [7, 11) is 8.27. The van der Waals surface area contributed by atoms with Gasteiger partial charge in [-0.1, -0.05) is 25.3 Å². The van der Waals surface area contributed by atoms with E-state index in [4.69, 9.17) is 4.99 Å². The monoisotopic (exact) mass is 421 g/mol. The van der Waals surface area contributed by atoms with Gasteiger partial charge in [0, 0.05) is 38.5 Å². The summed E-state index contributed by atoms with van der Waals surface area (Å²) >= 11 is 1.90. The Hall–Kier alpha value is -0.300. The lowest BCUT2D eigenvalue weighted by molar-refractivity contribution is 0.304. The van der Waals surface area contributed by atoms with Crippen LogP contribution >= 0.6 is 35.3 Å². The molecule has 1 aliphatic rings. The summed E-state index contributed by atoms with van der Waals surface area (Å²) in [6.07, 6.45) is 6.63. The molecule has 0 aromatic carbocycles. The van der Waals surface area contributed by atoms with Gasteiger partial charge >= 0.3 is 0 Å². The Bertz CT molecular complexity index is 424. The Morgan fingerprint density at radius 1 is 1.14 bits per heavy atom. The number of hydrogen-bond acceptors (Lipinski definition) is 2. The second-order valence-corrected chi connectivity index (χ2v) is 7.17. The smallest absolute Gasteiger partial charge is 0.195 e. The highest BCUT2D eigenvalue weighted by molar-refractivity contribution is 14.0. The third kappa shape index (κ3) is 4.58. The second kappa shape index (κ2) is 8.36. The number of nitrogens with zero attached hydrogens (tertiary/aromatic N) is 3. The number of halogens is 1. The van der Waals surface area contributed by atoms with E-state index >= 15 is 0 Å². The average Bonchev–Trinajstić information content (AvgIpc) is 2.93. The van der Waals surface area contributed by atoms with Crippen LogP contribution in [0.1, 0.15) is 37.0 Å². The molecule has 0 saturated heterocycles. The van der Waals surface area contributed by atoms with Gasteiger partial charge in [-0.3, -0.25) is 4.99 Å². The van der Waals surface area contributed by atoms with Gasteiger partial charge in [0.1, 0.15) is 0 Å². The predicted octanol–water partition coefficient (Wildman–Crippen LogP) is 4.05. The van der Waals surface area contributed by atoms with E-state index in [0.717, 1.165) is 12.5 Å². The van der Waals surface area contributed by atoms with E-state index < -0.39 is 0 Å². The zero-order valence-corrected chi connectivity index (χ0v) is 16.8. The number of aliphatic imine (C=N–C) groups is 1. The van der Waals surface area contributed by atoms with Crippen molar-refractivity contribution in [2.75, 3.05) is 34.7 Å². The van der Waals surface area contributed by atoms with Crippen molar-refractivity contribution in [1.29, 1.82) is 0 Å². The van der Waals surface area contributed by atoms with Crippen molar-refractivity contribution in [2.45, 2.75) is 37.5 Å². The van der Waals surface area contributed by atoms with Crippen molar-refractivity contribution >= 4 is 41.3 Å². The predicted molar refractivity (Wildman–Crippen MR) is 104 cm³/mol. The van der Waals surface area contributed by atoms with E-state index in [9.17, 15) is 0 Å². The molecule has 1 fully saturated rings. The Labute approximate surface area is 150 Å². The number of hydrogen-bond donors (Lipinski definition) is 0. The van der Waals surface area contributed by atoms with Gasteiger partial charge in [-0.15, -0.1) is 35.3 Å². The van der Waals surface area contributed by atoms with Gasteiger partial charge in [-0.25, -0.2) is 0 Å². The van der Waals surface area contributed by atoms with Crippen molar-refractivity contribution in [3.05, 3.63) is 22.4 Å². The molecule has 1 heterocycles. The van der Waals surface area contributed by atoms with Crippen molar-refractivity contribution in [3.8, 4) is 0 Å². The molecular formula is C16H28IN3S. The summed E-state index contributed by atoms with van der Waals surface area (Å²) in [6.45, 7) is 0.916. The molecule has 21 heavy (non-hydrogen) atoms. The first-order chi connectivity index (χ1) is 9.55. The van der Waals surface area contributed by atoms with Crippen molar-refractivity contribution < 1.29 is 0 Å². The fourth-order valence-corrected chi connectivity index (χ4v) is 4.18. The molecular weight excluding hydrogens is 393 g/mol. The van der Waals surface area contributed by atoms with Crippen molar-refractivity contribution in [3.63, 3.8) is 0 Å². The molecule has 120 valence electrons. The lowest BCUT2D eigenvalue weighted by atomic mass is 9.73. The Kier molecular flexibility index (Phi) is 7.47. The van der Waals surface area contributed by atoms with Crippen LogP contribution in [0.15, 0.2) is 22.5 Å². The number of guanidine groups is 1. The highest BCUT2D eigenvalue weighted by atomic mass is 127. The first-order valence-corrected chi connectivity index (χ1v) is 8.36. The minimum absolute atomic E-state index is 0. The maximum atomic E-state index is 4.95. The van der Waals surface area contributed by atoms with Gasteiger partial charge in [0.05, 0.1) is 6.54 Å². The van der Waals surface area contributed by atoms with Crippen LogP contribution in [0.2, 0.25) is 0 Å². The Balaban J connectivity index is 0.00000220. The standard InChI is InChI=1S/C16H27N3S.HI/c1-18(2)15(19(3)4)17-13-16(10-6-5-7-11-16)14-9-8-12-20-14;/h8-9,12H,5-7,10-11,13H2,1-4H3;1H. The Morgan fingerprint density at radius 3 is 2.24 bits per heavy atom. The van der Waals surface area contributed by atoms with Crippen molar-refractivity contribution in [2.24, 2.45) is 4.99 Å². The SMILES string of the molecule is CN(C)C(=NCC1(c2cccs2)CCCCC1)N(C)C.I. The summed E-state index contributed by atoms with van der Waals surface area (Å²) < 4.78 is 0. The second-order valence-electron chi connectivity index (χ2n) is 6.22. The third-order valence-corrected chi connectivity index (χ3v) is 5.29. The van der Waals surface area contributed by atoms with E-state index in [1.807, 2.05) is 11.3 Å². The third-order valence-electron chi connectivity index (χ3n) is 4.18. The molecule has 1 aliphatic carbocycles. The summed E-state index contributed by atoms with van der Waals surface area (Å²) in [5.41, 5.74) is 0.281. The fraction of sp³-hybridized carbons (Fsp3) is 0.688. The zero-order chi connectivity index (χ0) is 14.6. The number of rotatable bonds is 3. The van der Waals surface area contributed by atoms with Gasteiger partial charge in [-0.05, 0) is 24.3 Å². The lowest BCUT2D eigenvalue weighted by Gasteiger charge is -2.36. The minimum atomic E-state index is 0. The van der Waals surface area contributed by atoms with Crippen LogP contribution in [-0.2, 0) is 5.41 Å². The van der Waals surface area contributed by atoms with Gasteiger partial charge < -0.3 is 9.80 Å². The van der Waals surface area contributed by atoms with Crippen molar-refractivity contribution in [1.82, 2.24) is 9.80 Å². The van der Waals surface area contributed by atoms with Crippen LogP contribution in [0.3, 0.4) is 0 Å². The molecule has 0 amide bonds. The summed E-state index contributed by atoms with van der Waals surface area (Å²) in [5, 5.41) is 2.20. The largest absolute Gasteiger partial charge is 0.349 e. The molecule has 0 bridgehead atoms. The molecule has 1 saturated carbocycles. The average molecular weight is 421 g/mol. The summed E-state index contributed by atoms with van der Waals surface area (Å²) in [5.74, 6) is 1.06. The first kappa shape index (κ1) is 18.7. The molecule has 0 spiro atoms. The van der Waals surface area contributed by atoms with E-state index in [1.54, 1.807) is 0 Å². The molecule has 0 aliphatic heterocycles. The van der Waals surface area contributed by atoms with Gasteiger partial charge in [-0.2, -0.15) is 0 Å². The van der Waals surface area contributed by atoms with E-state index in [2.05, 4.69) is 55.5 Å². The number of thiophene rings is 1. The van der Waals surface area contributed by atoms with E-state index in [0.29, 0.717) is 0 Å². The van der Waals surface area contributed by atoms with Gasteiger partial charge in [0.15, 0.2) is 5.96 Å².